The molecule has 84 heavy (non-hydrogen) atoms. The van der Waals surface area contributed by atoms with Gasteiger partial charge in [-0.3, -0.25) is 18.5 Å². The number of hydrogen-bond donors (Lipinski definition) is 5. The van der Waals surface area contributed by atoms with Gasteiger partial charge in [0.2, 0.25) is 0 Å². The van der Waals surface area contributed by atoms with Crippen LogP contribution in [0.5, 0.6) is 11.5 Å². The summed E-state index contributed by atoms with van der Waals surface area (Å²) in [6.45, 7) is 8.93. The van der Waals surface area contributed by atoms with Crippen LogP contribution < -0.4 is 36.8 Å². The average Bonchev–Trinajstić information content (AvgIpc) is 3.24. The summed E-state index contributed by atoms with van der Waals surface area (Å²) in [6.07, 6.45) is -6.17. The number of rotatable bonds is 19. The van der Waals surface area contributed by atoms with Gasteiger partial charge in [-0.15, -0.1) is 44.6 Å². The second-order valence-electron chi connectivity index (χ2n) is 19.7. The fraction of sp³-hybridized carbons (Fsp3) is 0.389. The minimum absolute atomic E-state index is 0. The Morgan fingerprint density at radius 2 is 1.23 bits per heavy atom. The third-order valence-electron chi connectivity index (χ3n) is 13.8. The maximum absolute atomic E-state index is 15.8. The Balaban J connectivity index is 0.000000271. The van der Waals surface area contributed by atoms with E-state index in [4.69, 9.17) is 29.0 Å². The topological polar surface area (TPSA) is 250 Å². The summed E-state index contributed by atoms with van der Waals surface area (Å²) in [5.74, 6) is -0.238. The van der Waals surface area contributed by atoms with Crippen molar-refractivity contribution in [1.82, 2.24) is 24.2 Å². The number of ether oxygens (including phenoxy) is 4. The molecule has 8 rings (SSSR count). The fourth-order valence-corrected chi connectivity index (χ4v) is 39.9. The van der Waals surface area contributed by atoms with E-state index in [1.165, 1.54) is 51.4 Å². The first-order valence-electron chi connectivity index (χ1n) is 25.7. The molecule has 6 aromatic rings. The molecule has 17 atom stereocenters. The molecule has 0 radical (unpaired) electrons. The van der Waals surface area contributed by atoms with E-state index in [-0.39, 0.29) is 40.0 Å². The molecule has 0 amide bonds. The van der Waals surface area contributed by atoms with Crippen LogP contribution >= 0.6 is 73.4 Å². The van der Waals surface area contributed by atoms with E-state index in [0.717, 1.165) is 45.6 Å². The molecule has 2 aliphatic rings. The Bertz CT molecular complexity index is 3190. The van der Waals surface area contributed by atoms with Crippen LogP contribution in [0.15, 0.2) is 149 Å². The summed E-state index contributed by atoms with van der Waals surface area (Å²) >= 11 is 0. The predicted octanol–water partition coefficient (Wildman–Crippen LogP) is 11.7. The summed E-state index contributed by atoms with van der Waals surface area (Å²) < 4.78 is 79.7. The van der Waals surface area contributed by atoms with Crippen LogP contribution in [0.3, 0.4) is 0 Å². The van der Waals surface area contributed by atoms with Crippen molar-refractivity contribution in [2.24, 2.45) is 5.92 Å². The minimum atomic E-state index is -4.31. The molecule has 4 aromatic carbocycles. The summed E-state index contributed by atoms with van der Waals surface area (Å²) in [4.78, 5) is 45.4. The fourth-order valence-electron chi connectivity index (χ4n) is 9.30. The van der Waals surface area contributed by atoms with Crippen molar-refractivity contribution >= 4 is 91.0 Å². The highest BCUT2D eigenvalue weighted by Crippen LogP contribution is 3.00. The lowest BCUT2D eigenvalue weighted by Gasteiger charge is -2.37. The van der Waals surface area contributed by atoms with Crippen molar-refractivity contribution in [2.75, 3.05) is 25.3 Å². The number of nitrogens with one attached hydrogen (secondary N) is 2. The molecule has 0 bridgehead atoms. The highest BCUT2D eigenvalue weighted by Gasteiger charge is 2.58. The molecule has 458 valence electrons. The van der Waals surface area contributed by atoms with E-state index < -0.39 is 96.9 Å². The lowest BCUT2D eigenvalue weighted by molar-refractivity contribution is -0.142. The van der Waals surface area contributed by atoms with Crippen LogP contribution in [0.4, 0.5) is 20.4 Å². The maximum atomic E-state index is 15.8. The average molecular weight is 1330 g/mol. The number of nitrogens with zero attached hydrogens (tertiary/aromatic N) is 4. The summed E-state index contributed by atoms with van der Waals surface area (Å²) in [6, 6.07) is 37.4. The van der Waals surface area contributed by atoms with Gasteiger partial charge in [0.15, 0.2) is 23.8 Å². The van der Waals surface area contributed by atoms with E-state index in [9.17, 15) is 29.2 Å². The van der Waals surface area contributed by atoms with Crippen LogP contribution in [0, 0.1) is 5.92 Å². The first-order valence-corrected chi connectivity index (χ1v) is 40.7. The molecule has 2 saturated heterocycles. The molecule has 6 unspecified atom stereocenters. The standard InChI is InChI=1S/C32H34FN3O4.C21H28FN4O8P.CH4.H10P8/c1-21-28(22(2)37)40-29(31(21,3)33)36-20-19-27(34-30(36)38)35-32(23-11-7-5-8-12-23,24-13-9-6-10-14-24)25-15-17-26(39-4)18-16-25;1-12(18(28)31-4)25-35(30,34-14-8-6-5-7-9-14)33-13(2)16-17(27)21(3,22)19(32-16)26-11-10-15(23)24-20(26)29;;1-6(2)8(5)7(3)4/h5-22,28-29,37H,1-4H3,(H,34,35,38);5-13,16-17,19,27H,1-4H3,(H,25,30)(H2,23,24,29);1H4;1-5H2/t21-,22+,28+,29-,31-;12-,13-,16+,17+,19+,21+,35?;;/m10../s1. The number of para-hydroxylation sites is 1. The molecule has 0 spiro atoms. The second kappa shape index (κ2) is 31.2. The smallest absolute Gasteiger partial charge is 0.459 e. The quantitative estimate of drug-likeness (QED) is 0.0287. The number of hydrogen-bond acceptors (Lipinski definition) is 16. The number of carbonyl (C=O) groups is 1. The number of carbonyl (C=O) groups excluding carboxylic acids is 1. The normalized spacial score (nSPS) is 23.8. The highest BCUT2D eigenvalue weighted by atomic mass is 33.1. The van der Waals surface area contributed by atoms with E-state index >= 15 is 8.78 Å². The number of anilines is 2. The Labute approximate surface area is 504 Å². The number of nitrogens with two attached hydrogens (primary N) is 1. The van der Waals surface area contributed by atoms with Gasteiger partial charge in [0.05, 0.1) is 32.5 Å². The lowest BCUT2D eigenvalue weighted by atomic mass is 9.77. The molecule has 30 heteroatoms. The number of alkyl halides is 2. The van der Waals surface area contributed by atoms with Gasteiger partial charge in [-0.05, 0) is 109 Å². The van der Waals surface area contributed by atoms with Gasteiger partial charge in [0.1, 0.15) is 46.9 Å². The molecule has 6 N–H and O–H groups in total. The summed E-state index contributed by atoms with van der Waals surface area (Å²) in [5, 5.41) is 26.8. The van der Waals surface area contributed by atoms with E-state index in [2.05, 4.69) is 69.8 Å². The number of aliphatic hydroxyl groups is 2. The van der Waals surface area contributed by atoms with E-state index in [1.54, 1.807) is 45.2 Å². The summed E-state index contributed by atoms with van der Waals surface area (Å²) in [5.41, 5.74) is 1.44. The third kappa shape index (κ3) is 17.1. The molecular weight excluding hydrogens is 1260 g/mol. The van der Waals surface area contributed by atoms with Gasteiger partial charge in [-0.1, -0.05) is 105 Å². The first kappa shape index (κ1) is 71.4. The molecule has 2 fully saturated rings. The van der Waals surface area contributed by atoms with Gasteiger partial charge < -0.3 is 44.7 Å². The largest absolute Gasteiger partial charge is 0.497 e. The monoisotopic (exact) mass is 1330 g/mol. The second-order valence-corrected chi connectivity index (χ2v) is 49.5. The minimum Gasteiger partial charge on any atom is -0.497 e. The van der Waals surface area contributed by atoms with Crippen molar-refractivity contribution in [3.8, 4) is 11.5 Å². The van der Waals surface area contributed by atoms with Gasteiger partial charge in [-0.25, -0.2) is 22.9 Å². The highest BCUT2D eigenvalue weighted by molar-refractivity contribution is 9.06. The Morgan fingerprint density at radius 3 is 1.68 bits per heavy atom. The Hall–Kier alpha value is -3.40. The van der Waals surface area contributed by atoms with E-state index in [1.807, 2.05) is 84.9 Å². The third-order valence-corrected chi connectivity index (χ3v) is 53.5. The van der Waals surface area contributed by atoms with Crippen LogP contribution in [0.2, 0.25) is 0 Å². The molecule has 4 heterocycles. The van der Waals surface area contributed by atoms with E-state index in [0.29, 0.717) is 5.82 Å². The number of aromatic nitrogens is 4. The van der Waals surface area contributed by atoms with Crippen LogP contribution in [0.1, 0.15) is 78.1 Å². The van der Waals surface area contributed by atoms with Crippen LogP contribution in [0.25, 0.3) is 0 Å². The predicted molar refractivity (Wildman–Crippen MR) is 350 cm³/mol. The molecule has 2 aliphatic heterocycles. The molecule has 0 saturated carbocycles. The number of aliphatic hydroxyl groups excluding tert-OH is 2. The first-order chi connectivity index (χ1) is 39.1. The molecular formula is C54H76F2N7O12P9. The van der Waals surface area contributed by atoms with Crippen molar-refractivity contribution in [3.63, 3.8) is 0 Å². The maximum Gasteiger partial charge on any atom is 0.459 e. The van der Waals surface area contributed by atoms with Crippen molar-refractivity contribution in [3.05, 3.63) is 177 Å². The van der Waals surface area contributed by atoms with Crippen LogP contribution in [-0.4, -0.2) is 97.4 Å². The zero-order valence-corrected chi connectivity index (χ0v) is 56.1. The number of benzene rings is 4. The molecule has 2 aromatic heterocycles. The zero-order chi connectivity index (χ0) is 61.2. The molecule has 0 aliphatic carbocycles. The Kier molecular flexibility index (Phi) is 26.5. The number of methoxy groups -OCH3 is 2. The van der Waals surface area contributed by atoms with Crippen molar-refractivity contribution in [1.29, 1.82) is 0 Å². The van der Waals surface area contributed by atoms with Gasteiger partial charge >= 0.3 is 25.1 Å². The van der Waals surface area contributed by atoms with Gasteiger partial charge in [0.25, 0.3) is 0 Å². The number of esters is 1. The summed E-state index contributed by atoms with van der Waals surface area (Å²) in [7, 11) is 12.9. The SMILES string of the molecule is C.COC(=O)[C@H](C)NP(=O)(Oc1ccccc1)O[C@@H](C)[C@H]1O[C@@H](n2ccc(N)nc2=O)[C@](C)(F)[C@@H]1O.COc1ccc(C(Nc2ccn([C@@H]3O[C@H]([C@H](C)O)[C@@H](C)[C@@]3(C)F)c(=O)n2)(c2ccccc2)c2ccccc2)cc1.PP(P)P(P)P(P)P. The van der Waals surface area contributed by atoms with Crippen LogP contribution in [-0.2, 0) is 33.6 Å². The molecule has 19 nitrogen and oxygen atoms in total. The Morgan fingerprint density at radius 1 is 0.750 bits per heavy atom. The van der Waals surface area contributed by atoms with Gasteiger partial charge in [-0.2, -0.15) is 15.1 Å². The number of halogens is 2. The number of nitrogen functional groups attached to an aromatic ring is 1. The zero-order valence-electron chi connectivity index (χ0n) is 46.7. The van der Waals surface area contributed by atoms with Crippen molar-refractivity contribution in [2.45, 2.75) is 115 Å². The lowest BCUT2D eigenvalue weighted by Crippen LogP contribution is -2.45. The van der Waals surface area contributed by atoms with Crippen molar-refractivity contribution < 1.29 is 56.3 Å². The van der Waals surface area contributed by atoms with Gasteiger partial charge in [0, 0.05) is 18.3 Å².